The van der Waals surface area contributed by atoms with Crippen molar-refractivity contribution in [2.45, 2.75) is 18.1 Å². The molecular weight excluding hydrogens is 462 g/mol. The number of rotatable bonds is 5. The molecule has 0 aliphatic rings. The van der Waals surface area contributed by atoms with E-state index >= 15 is 0 Å². The topological polar surface area (TPSA) is 122 Å². The first-order valence-electron chi connectivity index (χ1n) is 9.88. The average molecular weight is 484 g/mol. The first-order valence-corrected chi connectivity index (χ1v) is 12.2. The van der Waals surface area contributed by atoms with Gasteiger partial charge in [0.05, 0.1) is 11.9 Å². The predicted molar refractivity (Wildman–Crippen MR) is 130 cm³/mol. The maximum absolute atomic E-state index is 13.0. The summed E-state index contributed by atoms with van der Waals surface area (Å²) in [5.74, 6) is 0.371. The number of nitrogens with one attached hydrogen (secondary N) is 3. The van der Waals surface area contributed by atoms with E-state index in [4.69, 9.17) is 0 Å². The molecule has 4 rings (SSSR count). The van der Waals surface area contributed by atoms with Crippen molar-refractivity contribution in [3.63, 3.8) is 0 Å². The summed E-state index contributed by atoms with van der Waals surface area (Å²) in [6, 6.07) is 10.8. The SMILES string of the molecule is CNc1ccc2c(=O)n(-c3ccc(NC(=O)NS(=O)(=O)c4ccc(C)s4)cn3)cc(C)c2c1. The van der Waals surface area contributed by atoms with E-state index in [1.165, 1.54) is 16.8 Å². The van der Waals surface area contributed by atoms with Gasteiger partial charge in [-0.3, -0.25) is 9.36 Å². The Morgan fingerprint density at radius 2 is 1.79 bits per heavy atom. The van der Waals surface area contributed by atoms with Crippen LogP contribution in [0.1, 0.15) is 10.4 Å². The molecule has 0 saturated heterocycles. The molecule has 0 aliphatic carbocycles. The molecule has 0 unspecified atom stereocenters. The summed E-state index contributed by atoms with van der Waals surface area (Å²) >= 11 is 1.07. The number of amides is 2. The number of aryl methyl sites for hydroxylation is 2. The molecule has 3 aromatic heterocycles. The lowest BCUT2D eigenvalue weighted by Crippen LogP contribution is -2.34. The van der Waals surface area contributed by atoms with Gasteiger partial charge < -0.3 is 10.6 Å². The van der Waals surface area contributed by atoms with Gasteiger partial charge in [-0.25, -0.2) is 22.9 Å². The Bertz CT molecular complexity index is 1520. The third kappa shape index (κ3) is 4.59. The summed E-state index contributed by atoms with van der Waals surface area (Å²) in [4.78, 5) is 30.2. The maximum atomic E-state index is 13.0. The Morgan fingerprint density at radius 1 is 1.03 bits per heavy atom. The molecule has 0 atom stereocenters. The number of thiophene rings is 1. The van der Waals surface area contributed by atoms with Crippen LogP contribution in [-0.4, -0.2) is 31.0 Å². The zero-order valence-corrected chi connectivity index (χ0v) is 19.7. The third-order valence-electron chi connectivity index (χ3n) is 4.97. The standard InChI is InChI=1S/C22H21N5O4S2/c1-13-12-27(21(28)17-7-5-15(23-3)10-18(13)17)19-8-6-16(11-24-19)25-22(29)26-33(30,31)20-9-4-14(2)32-20/h4-12,23H,1-3H3,(H2,25,26,29). The van der Waals surface area contributed by atoms with Crippen LogP contribution >= 0.6 is 11.3 Å². The molecule has 3 N–H and O–H groups in total. The number of carbonyl (C=O) groups excluding carboxylic acids is 1. The highest BCUT2D eigenvalue weighted by atomic mass is 32.2. The van der Waals surface area contributed by atoms with Crippen LogP contribution < -0.4 is 20.9 Å². The Morgan fingerprint density at radius 3 is 2.42 bits per heavy atom. The number of hydrogen-bond donors (Lipinski definition) is 3. The average Bonchev–Trinajstić information content (AvgIpc) is 3.23. The van der Waals surface area contributed by atoms with E-state index in [-0.39, 0.29) is 15.5 Å². The lowest BCUT2D eigenvalue weighted by atomic mass is 10.1. The Labute approximate surface area is 194 Å². The molecule has 33 heavy (non-hydrogen) atoms. The van der Waals surface area contributed by atoms with E-state index in [2.05, 4.69) is 15.6 Å². The van der Waals surface area contributed by atoms with Crippen LogP contribution in [0, 0.1) is 13.8 Å². The van der Waals surface area contributed by atoms with Crippen LogP contribution in [-0.2, 0) is 10.0 Å². The molecule has 0 aliphatic heterocycles. The Hall–Kier alpha value is -3.70. The molecule has 0 spiro atoms. The largest absolute Gasteiger partial charge is 0.388 e. The van der Waals surface area contributed by atoms with Gasteiger partial charge >= 0.3 is 6.03 Å². The Kier molecular flexibility index (Phi) is 5.91. The summed E-state index contributed by atoms with van der Waals surface area (Å²) in [5.41, 5.74) is 1.87. The molecule has 0 fully saturated rings. The van der Waals surface area contributed by atoms with Crippen molar-refractivity contribution >= 4 is 49.5 Å². The fraction of sp³-hybridized carbons (Fsp3) is 0.136. The van der Waals surface area contributed by atoms with Gasteiger partial charge in [0.25, 0.3) is 15.6 Å². The van der Waals surface area contributed by atoms with Crippen LogP contribution in [0.5, 0.6) is 0 Å². The van der Waals surface area contributed by atoms with Gasteiger partial charge in [-0.1, -0.05) is 0 Å². The van der Waals surface area contributed by atoms with E-state index in [0.29, 0.717) is 11.2 Å². The van der Waals surface area contributed by atoms with Gasteiger partial charge in [-0.15, -0.1) is 11.3 Å². The molecule has 4 aromatic rings. The van der Waals surface area contributed by atoms with E-state index in [9.17, 15) is 18.0 Å². The van der Waals surface area contributed by atoms with Crippen molar-refractivity contribution in [1.29, 1.82) is 0 Å². The van der Waals surface area contributed by atoms with Crippen molar-refractivity contribution in [2.24, 2.45) is 0 Å². The van der Waals surface area contributed by atoms with Crippen LogP contribution in [0.25, 0.3) is 16.6 Å². The van der Waals surface area contributed by atoms with Crippen molar-refractivity contribution in [1.82, 2.24) is 14.3 Å². The zero-order valence-electron chi connectivity index (χ0n) is 18.0. The van der Waals surface area contributed by atoms with Crippen LogP contribution in [0.4, 0.5) is 16.2 Å². The van der Waals surface area contributed by atoms with Crippen molar-refractivity contribution in [3.05, 3.63) is 75.7 Å². The third-order valence-corrected chi connectivity index (χ3v) is 7.79. The van der Waals surface area contributed by atoms with Gasteiger partial charge in [0.2, 0.25) is 0 Å². The minimum atomic E-state index is -3.96. The minimum Gasteiger partial charge on any atom is -0.388 e. The summed E-state index contributed by atoms with van der Waals surface area (Å²) in [6.07, 6.45) is 3.06. The first kappa shape index (κ1) is 22.5. The minimum absolute atomic E-state index is 0.0523. The number of urea groups is 1. The fourth-order valence-electron chi connectivity index (χ4n) is 3.32. The van der Waals surface area contributed by atoms with Crippen LogP contribution in [0.2, 0.25) is 0 Å². The zero-order chi connectivity index (χ0) is 23.8. The molecule has 170 valence electrons. The lowest BCUT2D eigenvalue weighted by molar-refractivity contribution is 0.256. The molecule has 0 radical (unpaired) electrons. The lowest BCUT2D eigenvalue weighted by Gasteiger charge is -2.12. The van der Waals surface area contributed by atoms with Gasteiger partial charge in [0, 0.05) is 29.2 Å². The van der Waals surface area contributed by atoms with Gasteiger partial charge in [-0.05, 0) is 67.3 Å². The summed E-state index contributed by atoms with van der Waals surface area (Å²) in [5, 5.41) is 6.91. The van der Waals surface area contributed by atoms with E-state index in [0.717, 1.165) is 32.9 Å². The molecular formula is C22H21N5O4S2. The van der Waals surface area contributed by atoms with E-state index in [1.54, 1.807) is 37.4 Å². The van der Waals surface area contributed by atoms with E-state index in [1.807, 2.05) is 30.8 Å². The number of nitrogens with zero attached hydrogens (tertiary/aromatic N) is 2. The van der Waals surface area contributed by atoms with Crippen molar-refractivity contribution < 1.29 is 13.2 Å². The van der Waals surface area contributed by atoms with Gasteiger partial charge in [0.15, 0.2) is 0 Å². The Balaban J connectivity index is 1.55. The monoisotopic (exact) mass is 483 g/mol. The molecule has 1 aromatic carbocycles. The second-order valence-electron chi connectivity index (χ2n) is 7.33. The first-order chi connectivity index (χ1) is 15.7. The smallest absolute Gasteiger partial charge is 0.333 e. The van der Waals surface area contributed by atoms with Crippen molar-refractivity contribution in [3.8, 4) is 5.82 Å². The molecule has 0 bridgehead atoms. The highest BCUT2D eigenvalue weighted by molar-refractivity contribution is 7.92. The summed E-state index contributed by atoms with van der Waals surface area (Å²) in [6.45, 7) is 3.69. The number of carbonyl (C=O) groups is 1. The highest BCUT2D eigenvalue weighted by Gasteiger charge is 2.19. The maximum Gasteiger partial charge on any atom is 0.333 e. The summed E-state index contributed by atoms with van der Waals surface area (Å²) in [7, 11) is -2.14. The predicted octanol–water partition coefficient (Wildman–Crippen LogP) is 3.62. The number of hydrogen-bond acceptors (Lipinski definition) is 7. The van der Waals surface area contributed by atoms with E-state index < -0.39 is 16.1 Å². The fourth-order valence-corrected chi connectivity index (χ4v) is 5.51. The number of pyridine rings is 2. The highest BCUT2D eigenvalue weighted by Crippen LogP contribution is 2.22. The number of aromatic nitrogens is 2. The van der Waals surface area contributed by atoms with Gasteiger partial charge in [-0.2, -0.15) is 0 Å². The number of fused-ring (bicyclic) bond motifs is 1. The molecule has 11 heteroatoms. The molecule has 9 nitrogen and oxygen atoms in total. The summed E-state index contributed by atoms with van der Waals surface area (Å²) < 4.78 is 28.0. The molecule has 2 amide bonds. The molecule has 3 heterocycles. The van der Waals surface area contributed by atoms with Crippen LogP contribution in [0.15, 0.2) is 63.9 Å². The number of benzene rings is 1. The second kappa shape index (κ2) is 8.68. The van der Waals surface area contributed by atoms with Gasteiger partial charge in [0.1, 0.15) is 10.0 Å². The van der Waals surface area contributed by atoms with Crippen molar-refractivity contribution in [2.75, 3.05) is 17.7 Å². The second-order valence-corrected chi connectivity index (χ2v) is 10.5. The number of sulfonamides is 1. The van der Waals surface area contributed by atoms with Crippen LogP contribution in [0.3, 0.4) is 0 Å². The quantitative estimate of drug-likeness (QED) is 0.399. The molecule has 0 saturated carbocycles. The normalized spacial score (nSPS) is 11.4. The number of anilines is 2.